The Morgan fingerprint density at radius 1 is 1.15 bits per heavy atom. The number of carbonyl (C=O) groups is 1. The van der Waals surface area contributed by atoms with Gasteiger partial charge < -0.3 is 5.32 Å². The van der Waals surface area contributed by atoms with Gasteiger partial charge in [-0.1, -0.05) is 29.8 Å². The topological polar surface area (TPSA) is 29.1 Å². The lowest BCUT2D eigenvalue weighted by atomic mass is 10.2. The molecule has 20 heavy (non-hydrogen) atoms. The smallest absolute Gasteiger partial charge is 0.265 e. The molecule has 0 saturated carbocycles. The molecule has 0 radical (unpaired) electrons. The van der Waals surface area contributed by atoms with Crippen molar-refractivity contribution < 1.29 is 4.79 Å². The van der Waals surface area contributed by atoms with Crippen molar-refractivity contribution in [1.29, 1.82) is 0 Å². The van der Waals surface area contributed by atoms with Gasteiger partial charge in [0.25, 0.3) is 5.91 Å². The second-order valence-electron chi connectivity index (χ2n) is 4.23. The molecule has 0 aliphatic heterocycles. The minimum absolute atomic E-state index is 0.130. The molecule has 2 aromatic carbocycles. The average Bonchev–Trinajstić information content (AvgIpc) is 2.87. The number of benzene rings is 2. The molecule has 0 aliphatic carbocycles. The molecule has 1 heterocycles. The molecule has 0 fully saturated rings. The number of carbonyl (C=O) groups excluding carboxylic acids is 1. The Kier molecular flexibility index (Phi) is 3.78. The summed E-state index contributed by atoms with van der Waals surface area (Å²) in [5, 5.41) is 4.53. The predicted molar refractivity (Wildman–Crippen MR) is 88.9 cm³/mol. The number of thiophene rings is 1. The molecule has 0 atom stereocenters. The molecule has 3 aromatic rings. The highest BCUT2D eigenvalue weighted by molar-refractivity contribution is 9.10. The number of hydrogen-bond donors (Lipinski definition) is 1. The van der Waals surface area contributed by atoms with E-state index in [1.165, 1.54) is 11.3 Å². The number of hydrogen-bond acceptors (Lipinski definition) is 2. The number of nitrogens with one attached hydrogen (secondary N) is 1. The summed E-state index contributed by atoms with van der Waals surface area (Å²) in [4.78, 5) is 13.0. The van der Waals surface area contributed by atoms with Crippen LogP contribution in [0.25, 0.3) is 10.1 Å². The van der Waals surface area contributed by atoms with Crippen molar-refractivity contribution in [3.8, 4) is 0 Å². The second-order valence-corrected chi connectivity index (χ2v) is 6.60. The highest BCUT2D eigenvalue weighted by Gasteiger charge is 2.12. The summed E-state index contributed by atoms with van der Waals surface area (Å²) in [6.45, 7) is 0. The van der Waals surface area contributed by atoms with E-state index in [9.17, 15) is 4.79 Å². The third kappa shape index (κ3) is 2.73. The maximum Gasteiger partial charge on any atom is 0.265 e. The van der Waals surface area contributed by atoms with Crippen LogP contribution in [0.1, 0.15) is 9.67 Å². The number of rotatable bonds is 2. The molecule has 1 aromatic heterocycles. The Labute approximate surface area is 133 Å². The zero-order valence-corrected chi connectivity index (χ0v) is 13.3. The minimum Gasteiger partial charge on any atom is -0.320 e. The molecule has 2 nitrogen and oxygen atoms in total. The van der Waals surface area contributed by atoms with E-state index in [0.717, 1.165) is 14.6 Å². The number of amides is 1. The van der Waals surface area contributed by atoms with Crippen molar-refractivity contribution in [2.75, 3.05) is 5.32 Å². The Hall–Kier alpha value is -1.36. The first-order valence-electron chi connectivity index (χ1n) is 5.88. The fourth-order valence-electron chi connectivity index (χ4n) is 1.87. The van der Waals surface area contributed by atoms with Crippen LogP contribution in [0, 0.1) is 0 Å². The Morgan fingerprint density at radius 3 is 2.75 bits per heavy atom. The van der Waals surface area contributed by atoms with E-state index in [1.54, 1.807) is 12.1 Å². The first-order valence-corrected chi connectivity index (χ1v) is 7.87. The van der Waals surface area contributed by atoms with Gasteiger partial charge in [0.1, 0.15) is 0 Å². The van der Waals surface area contributed by atoms with Gasteiger partial charge in [-0.2, -0.15) is 0 Å². The molecule has 5 heteroatoms. The molecule has 0 saturated heterocycles. The third-order valence-corrected chi connectivity index (χ3v) is 4.87. The van der Waals surface area contributed by atoms with Crippen LogP contribution in [0.15, 0.2) is 53.0 Å². The van der Waals surface area contributed by atoms with Crippen LogP contribution in [0.4, 0.5) is 5.69 Å². The fourth-order valence-corrected chi connectivity index (χ4v) is 3.35. The van der Waals surface area contributed by atoms with Crippen molar-refractivity contribution in [3.05, 3.63) is 62.9 Å². The number of halogens is 2. The Bertz CT molecular complexity index is 766. The highest BCUT2D eigenvalue weighted by atomic mass is 79.9. The largest absolute Gasteiger partial charge is 0.320 e. The van der Waals surface area contributed by atoms with E-state index in [1.807, 2.05) is 36.4 Å². The van der Waals surface area contributed by atoms with Gasteiger partial charge in [0.05, 0.1) is 10.6 Å². The number of fused-ring (bicyclic) bond motifs is 1. The second kappa shape index (κ2) is 5.56. The Balaban J connectivity index is 1.90. The van der Waals surface area contributed by atoms with Gasteiger partial charge in [0.15, 0.2) is 0 Å². The SMILES string of the molecule is O=C(Nc1cc(Cl)ccc1Br)c1cc2ccccc2s1. The molecule has 100 valence electrons. The van der Waals surface area contributed by atoms with E-state index < -0.39 is 0 Å². The maximum atomic E-state index is 12.3. The first-order chi connectivity index (χ1) is 9.63. The van der Waals surface area contributed by atoms with Crippen LogP contribution in [0.5, 0.6) is 0 Å². The fraction of sp³-hybridized carbons (Fsp3) is 0. The van der Waals surface area contributed by atoms with E-state index in [2.05, 4.69) is 21.2 Å². The predicted octanol–water partition coefficient (Wildman–Crippen LogP) is 5.57. The average molecular weight is 367 g/mol. The van der Waals surface area contributed by atoms with Crippen molar-refractivity contribution in [2.24, 2.45) is 0 Å². The lowest BCUT2D eigenvalue weighted by Crippen LogP contribution is -2.10. The zero-order valence-electron chi connectivity index (χ0n) is 10.2. The van der Waals surface area contributed by atoms with Gasteiger partial charge in [-0.25, -0.2) is 0 Å². The summed E-state index contributed by atoms with van der Waals surface area (Å²) in [6, 6.07) is 15.1. The molecule has 0 spiro atoms. The summed E-state index contributed by atoms with van der Waals surface area (Å²) in [6.07, 6.45) is 0. The van der Waals surface area contributed by atoms with Crippen LogP contribution in [0.2, 0.25) is 5.02 Å². The standard InChI is InChI=1S/C15H9BrClNOS/c16-11-6-5-10(17)8-12(11)18-15(19)14-7-9-3-1-2-4-13(9)20-14/h1-8H,(H,18,19). The summed E-state index contributed by atoms with van der Waals surface area (Å²) in [7, 11) is 0. The van der Waals surface area contributed by atoms with Crippen LogP contribution < -0.4 is 5.32 Å². The van der Waals surface area contributed by atoms with Crippen molar-refractivity contribution in [2.45, 2.75) is 0 Å². The van der Waals surface area contributed by atoms with Gasteiger partial charge in [0.2, 0.25) is 0 Å². The van der Waals surface area contributed by atoms with E-state index in [0.29, 0.717) is 15.6 Å². The molecular weight excluding hydrogens is 358 g/mol. The van der Waals surface area contributed by atoms with Crippen LogP contribution in [0.3, 0.4) is 0 Å². The van der Waals surface area contributed by atoms with Gasteiger partial charge >= 0.3 is 0 Å². The van der Waals surface area contributed by atoms with Crippen molar-refractivity contribution >= 4 is 60.5 Å². The summed E-state index contributed by atoms with van der Waals surface area (Å²) in [5.41, 5.74) is 0.667. The molecule has 0 unspecified atom stereocenters. The minimum atomic E-state index is -0.130. The van der Waals surface area contributed by atoms with Gasteiger partial charge in [-0.05, 0) is 51.6 Å². The molecule has 1 N–H and O–H groups in total. The van der Waals surface area contributed by atoms with Gasteiger partial charge in [-0.15, -0.1) is 11.3 Å². The van der Waals surface area contributed by atoms with E-state index in [4.69, 9.17) is 11.6 Å². The van der Waals surface area contributed by atoms with Gasteiger partial charge in [-0.3, -0.25) is 4.79 Å². The lowest BCUT2D eigenvalue weighted by molar-refractivity contribution is 0.103. The normalized spacial score (nSPS) is 10.7. The van der Waals surface area contributed by atoms with Crippen molar-refractivity contribution in [1.82, 2.24) is 0 Å². The van der Waals surface area contributed by atoms with Crippen molar-refractivity contribution in [3.63, 3.8) is 0 Å². The van der Waals surface area contributed by atoms with Gasteiger partial charge in [0, 0.05) is 14.2 Å². The highest BCUT2D eigenvalue weighted by Crippen LogP contribution is 2.29. The van der Waals surface area contributed by atoms with Crippen LogP contribution in [-0.2, 0) is 0 Å². The lowest BCUT2D eigenvalue weighted by Gasteiger charge is -2.06. The number of anilines is 1. The maximum absolute atomic E-state index is 12.3. The molecule has 1 amide bonds. The molecule has 0 bridgehead atoms. The monoisotopic (exact) mass is 365 g/mol. The molecular formula is C15H9BrClNOS. The first kappa shape index (κ1) is 13.6. The van der Waals surface area contributed by atoms with Crippen LogP contribution in [-0.4, -0.2) is 5.91 Å². The molecule has 0 aliphatic rings. The Morgan fingerprint density at radius 2 is 1.95 bits per heavy atom. The quantitative estimate of drug-likeness (QED) is 0.631. The summed E-state index contributed by atoms with van der Waals surface area (Å²) >= 11 is 10.8. The van der Waals surface area contributed by atoms with Crippen LogP contribution >= 0.6 is 38.9 Å². The summed E-state index contributed by atoms with van der Waals surface area (Å²) < 4.78 is 1.90. The third-order valence-electron chi connectivity index (χ3n) is 2.83. The molecule has 3 rings (SSSR count). The van der Waals surface area contributed by atoms with E-state index >= 15 is 0 Å². The zero-order chi connectivity index (χ0) is 14.1. The summed E-state index contributed by atoms with van der Waals surface area (Å²) in [5.74, 6) is -0.130. The van der Waals surface area contributed by atoms with E-state index in [-0.39, 0.29) is 5.91 Å².